The van der Waals surface area contributed by atoms with Crippen molar-refractivity contribution in [2.45, 2.75) is 60.3 Å². The van der Waals surface area contributed by atoms with E-state index in [0.717, 1.165) is 36.8 Å². The van der Waals surface area contributed by atoms with Gasteiger partial charge in [-0.25, -0.2) is 4.98 Å². The number of hydrogen-bond donors (Lipinski definition) is 7. The highest BCUT2D eigenvalue weighted by Gasteiger charge is 2.21. The minimum absolute atomic E-state index is 0.0620. The summed E-state index contributed by atoms with van der Waals surface area (Å²) < 4.78 is 19.3. The van der Waals surface area contributed by atoms with Gasteiger partial charge in [-0.3, -0.25) is 38.2 Å². The summed E-state index contributed by atoms with van der Waals surface area (Å²) in [4.78, 5) is 58.4. The zero-order valence-electron chi connectivity index (χ0n) is 42.6. The minimum atomic E-state index is -0.303. The number of aryl methyl sites for hydroxylation is 4. The molecule has 0 aliphatic carbocycles. The van der Waals surface area contributed by atoms with Gasteiger partial charge in [0.2, 0.25) is 5.95 Å². The predicted molar refractivity (Wildman–Crippen MR) is 291 cm³/mol. The van der Waals surface area contributed by atoms with Crippen molar-refractivity contribution in [3.05, 3.63) is 107 Å². The van der Waals surface area contributed by atoms with Crippen molar-refractivity contribution in [2.24, 2.45) is 22.2 Å². The van der Waals surface area contributed by atoms with E-state index in [9.17, 15) is 19.2 Å². The molecule has 6 rings (SSSR count). The SMILES string of the molecule is C=Nc1cc(C=O)cc(OCCCS)c1N(C/C=C/Cn1c(NC)nc2cc(C=O)cc(OC/C=C/Cn3cc(N)cn3)c21)CNC(=O)c1cc(C)nn1CC.CCn1nc(C)cc1C=O.CN.CN.CN. The molecule has 10 N–H and O–H groups in total. The number of rotatable bonds is 24. The number of carbonyl (C=O) groups excluding carboxylic acids is 4. The number of allylic oxidation sites excluding steroid dienone is 2. The van der Waals surface area contributed by atoms with Crippen LogP contribution < -0.4 is 47.9 Å². The topological polar surface area (TPSA) is 302 Å². The van der Waals surface area contributed by atoms with Gasteiger partial charge >= 0.3 is 0 Å². The Bertz CT molecular complexity index is 2690. The van der Waals surface area contributed by atoms with E-state index in [4.69, 9.17) is 20.2 Å². The average Bonchev–Trinajstić information content (AvgIpc) is 4.21. The van der Waals surface area contributed by atoms with E-state index in [1.54, 1.807) is 69.9 Å². The van der Waals surface area contributed by atoms with Crippen LogP contribution in [0.5, 0.6) is 11.5 Å². The van der Waals surface area contributed by atoms with Crippen LogP contribution in [0, 0.1) is 13.8 Å². The van der Waals surface area contributed by atoms with Crippen LogP contribution in [-0.2, 0) is 26.2 Å². The third kappa shape index (κ3) is 17.4. The number of aliphatic imine (C=N–C) groups is 1. The molecule has 1 amide bonds. The Hall–Kier alpha value is -7.60. The molecule has 0 aliphatic rings. The van der Waals surface area contributed by atoms with Crippen molar-refractivity contribution in [3.8, 4) is 11.5 Å². The molecular weight excluding hydrogens is 941 g/mol. The molecule has 390 valence electrons. The van der Waals surface area contributed by atoms with Gasteiger partial charge in [0, 0.05) is 50.6 Å². The molecule has 22 nitrogen and oxygen atoms in total. The van der Waals surface area contributed by atoms with Crippen LogP contribution in [0.1, 0.15) is 73.3 Å². The first-order valence-electron chi connectivity index (χ1n) is 23.0. The molecule has 2 aromatic carbocycles. The van der Waals surface area contributed by atoms with E-state index in [2.05, 4.69) is 67.5 Å². The lowest BCUT2D eigenvalue weighted by molar-refractivity contribution is 0.0942. The Balaban J connectivity index is 0.000000962. The van der Waals surface area contributed by atoms with Gasteiger partial charge in [0.05, 0.1) is 54.3 Å². The van der Waals surface area contributed by atoms with E-state index in [-0.39, 0.29) is 19.2 Å². The normalized spacial score (nSPS) is 10.4. The number of nitrogen functional groups attached to an aromatic ring is 1. The molecule has 6 aromatic rings. The van der Waals surface area contributed by atoms with Crippen LogP contribution in [0.25, 0.3) is 11.0 Å². The number of aldehydes is 3. The number of imidazole rings is 1. The summed E-state index contributed by atoms with van der Waals surface area (Å²) in [6, 6.07) is 10.2. The Morgan fingerprint density at radius 2 is 1.50 bits per heavy atom. The largest absolute Gasteiger partial charge is 0.491 e. The van der Waals surface area contributed by atoms with Gasteiger partial charge in [0.1, 0.15) is 53.3 Å². The van der Waals surface area contributed by atoms with Crippen LogP contribution in [0.2, 0.25) is 0 Å². The fraction of sp³-hybridized carbons (Fsp3) is 0.367. The molecule has 0 spiro atoms. The summed E-state index contributed by atoms with van der Waals surface area (Å²) in [5, 5.41) is 18.8. The molecule has 4 aromatic heterocycles. The Morgan fingerprint density at radius 1 is 0.847 bits per heavy atom. The summed E-state index contributed by atoms with van der Waals surface area (Å²) in [5.74, 6) is 1.79. The van der Waals surface area contributed by atoms with E-state index < -0.39 is 0 Å². The smallest absolute Gasteiger partial charge is 0.270 e. The van der Waals surface area contributed by atoms with Gasteiger partial charge in [-0.2, -0.15) is 27.9 Å². The third-order valence-corrected chi connectivity index (χ3v) is 10.2. The molecule has 72 heavy (non-hydrogen) atoms. The third-order valence-electron chi connectivity index (χ3n) is 9.89. The highest BCUT2D eigenvalue weighted by molar-refractivity contribution is 7.80. The molecule has 0 fully saturated rings. The Morgan fingerprint density at radius 3 is 2.10 bits per heavy atom. The number of nitrogens with zero attached hydrogens (tertiary/aromatic N) is 10. The van der Waals surface area contributed by atoms with Gasteiger partial charge in [0.25, 0.3) is 5.91 Å². The van der Waals surface area contributed by atoms with Crippen molar-refractivity contribution < 1.29 is 28.7 Å². The number of thiol groups is 1. The summed E-state index contributed by atoms with van der Waals surface area (Å²) in [6.07, 6.45) is 14.0. The number of amides is 1. The van der Waals surface area contributed by atoms with E-state index in [0.29, 0.717) is 113 Å². The van der Waals surface area contributed by atoms with E-state index in [1.807, 2.05) is 61.5 Å². The maximum atomic E-state index is 13.5. The summed E-state index contributed by atoms with van der Waals surface area (Å²) in [7, 11) is 6.27. The molecule has 0 unspecified atom stereocenters. The van der Waals surface area contributed by atoms with E-state index in [1.165, 1.54) is 21.1 Å². The maximum absolute atomic E-state index is 13.5. The minimum Gasteiger partial charge on any atom is -0.491 e. The van der Waals surface area contributed by atoms with Gasteiger partial charge in [-0.1, -0.05) is 18.2 Å². The lowest BCUT2D eigenvalue weighted by Gasteiger charge is -2.28. The molecule has 23 heteroatoms. The second kappa shape index (κ2) is 33.1. The monoisotopic (exact) mass is 1010 g/mol. The van der Waals surface area contributed by atoms with Gasteiger partial charge in [-0.15, -0.1) is 0 Å². The summed E-state index contributed by atoms with van der Waals surface area (Å²) >= 11 is 4.31. The van der Waals surface area contributed by atoms with Crippen molar-refractivity contribution in [2.75, 3.05) is 76.3 Å². The fourth-order valence-electron chi connectivity index (χ4n) is 6.90. The number of fused-ring (bicyclic) bond motifs is 1. The first kappa shape index (κ1) is 60.5. The number of ether oxygens (including phenoxy) is 2. The molecule has 0 saturated carbocycles. The molecule has 0 atom stereocenters. The average molecular weight is 1010 g/mol. The highest BCUT2D eigenvalue weighted by Crippen LogP contribution is 2.39. The molecule has 0 radical (unpaired) electrons. The van der Waals surface area contributed by atoms with Crippen molar-refractivity contribution >= 4 is 78.2 Å². The zero-order chi connectivity index (χ0) is 53.6. The Kier molecular flexibility index (Phi) is 27.8. The van der Waals surface area contributed by atoms with Crippen LogP contribution in [0.4, 0.5) is 23.0 Å². The zero-order valence-corrected chi connectivity index (χ0v) is 43.5. The van der Waals surface area contributed by atoms with Crippen molar-refractivity contribution in [1.82, 2.24) is 44.2 Å². The molecule has 0 saturated heterocycles. The number of nitrogens with one attached hydrogen (secondary N) is 2. The second-order valence-corrected chi connectivity index (χ2v) is 15.1. The number of carbonyl (C=O) groups is 4. The summed E-state index contributed by atoms with van der Waals surface area (Å²) in [5.41, 5.74) is 25.6. The lowest BCUT2D eigenvalue weighted by atomic mass is 10.1. The first-order chi connectivity index (χ1) is 35.0. The highest BCUT2D eigenvalue weighted by atomic mass is 32.1. The fourth-order valence-corrected chi connectivity index (χ4v) is 7.03. The quantitative estimate of drug-likeness (QED) is 0.0106. The van der Waals surface area contributed by atoms with Crippen molar-refractivity contribution in [3.63, 3.8) is 0 Å². The number of aromatic nitrogens is 8. The standard InChI is InChI=1S/C39H47N11O5S.C7H10N2O.3CH5N/c1-5-50-33(17-27(2)46-50)38(53)43-26-47(36-31(41-3)18-28(24-51)20-34(36)55-15-10-16-56)11-6-7-13-49-37-32(45-39(49)42-4)19-29(25-52)21-35(37)54-14-9-8-12-48-23-30(40)22-44-48;1-3-9-7(5-10)4-6(2)8-9;3*1-2/h6-9,17-25,56H,3,5,10-16,26,40H2,1-2,4H3,(H,42,45)(H,43,53);4-5H,3H2,1-2H3;3*2H2,1H3/b7-6+,9-8+;;;;. The molecule has 0 bridgehead atoms. The number of hydrogen-bond acceptors (Lipinski definition) is 18. The van der Waals surface area contributed by atoms with Crippen LogP contribution in [0.15, 0.2) is 78.1 Å². The number of nitrogens with two attached hydrogens (primary N) is 4. The maximum Gasteiger partial charge on any atom is 0.270 e. The van der Waals surface area contributed by atoms with Gasteiger partial charge in [0.15, 0.2) is 6.29 Å². The lowest BCUT2D eigenvalue weighted by Crippen LogP contribution is -2.39. The van der Waals surface area contributed by atoms with Crippen LogP contribution in [-0.4, -0.2) is 131 Å². The van der Waals surface area contributed by atoms with Crippen LogP contribution >= 0.6 is 12.6 Å². The predicted octanol–water partition coefficient (Wildman–Crippen LogP) is 4.87. The molecule has 0 aliphatic heterocycles. The van der Waals surface area contributed by atoms with Gasteiger partial charge in [-0.05, 0) is 110 Å². The molecule has 4 heterocycles. The van der Waals surface area contributed by atoms with Crippen LogP contribution in [0.3, 0.4) is 0 Å². The second-order valence-electron chi connectivity index (χ2n) is 14.7. The molecular formula is C49H72N16O6S. The number of anilines is 3. The summed E-state index contributed by atoms with van der Waals surface area (Å²) in [6.45, 7) is 14.5. The first-order valence-corrected chi connectivity index (χ1v) is 23.7. The van der Waals surface area contributed by atoms with Gasteiger partial charge < -0.3 is 52.5 Å². The number of benzene rings is 2. The van der Waals surface area contributed by atoms with Crippen molar-refractivity contribution in [1.29, 1.82) is 0 Å². The Labute approximate surface area is 426 Å². The van der Waals surface area contributed by atoms with E-state index >= 15 is 0 Å².